The van der Waals surface area contributed by atoms with Crippen LogP contribution in [0.3, 0.4) is 0 Å². The van der Waals surface area contributed by atoms with Gasteiger partial charge in [0.15, 0.2) is 0 Å². The van der Waals surface area contributed by atoms with Crippen molar-refractivity contribution in [3.05, 3.63) is 23.5 Å². The van der Waals surface area contributed by atoms with Gasteiger partial charge in [-0.05, 0) is 6.92 Å². The summed E-state index contributed by atoms with van der Waals surface area (Å²) in [5.74, 6) is -0.100. The minimum Gasteiger partial charge on any atom is -0.466 e. The van der Waals surface area contributed by atoms with Crippen molar-refractivity contribution in [3.63, 3.8) is 0 Å². The summed E-state index contributed by atoms with van der Waals surface area (Å²) in [6, 6.07) is 0. The van der Waals surface area contributed by atoms with E-state index in [0.29, 0.717) is 23.5 Å². The van der Waals surface area contributed by atoms with Crippen LogP contribution < -0.4 is 5.73 Å². The molecular formula is C10H14N2O3. The molecule has 1 aliphatic rings. The molecule has 15 heavy (non-hydrogen) atoms. The average Bonchev–Trinajstić information content (AvgIpc) is 2.42. The molecule has 0 aromatic heterocycles. The van der Waals surface area contributed by atoms with Crippen LogP contribution in [-0.2, 0) is 14.3 Å². The normalized spacial score (nSPS) is 15.6. The molecule has 0 bridgehead atoms. The number of carbonyl (C=O) groups is 1. The van der Waals surface area contributed by atoms with Gasteiger partial charge < -0.3 is 15.2 Å². The quantitative estimate of drug-likeness (QED) is 0.669. The predicted octanol–water partition coefficient (Wildman–Crippen LogP) is 0.716. The lowest BCUT2D eigenvalue weighted by molar-refractivity contribution is -0.142. The number of hydrogen-bond acceptors (Lipinski definition) is 5. The Kier molecular flexibility index (Phi) is 3.62. The highest BCUT2D eigenvalue weighted by Gasteiger charge is 2.26. The fraction of sp³-hybridized carbons (Fsp3) is 0.400. The van der Waals surface area contributed by atoms with Crippen LogP contribution in [0.1, 0.15) is 13.3 Å². The minimum absolute atomic E-state index is 0.0121. The zero-order valence-corrected chi connectivity index (χ0v) is 8.63. The molecule has 5 heteroatoms. The summed E-state index contributed by atoms with van der Waals surface area (Å²) in [4.78, 5) is 11.2. The second-order valence-electron chi connectivity index (χ2n) is 3.00. The third-order valence-electron chi connectivity index (χ3n) is 2.03. The summed E-state index contributed by atoms with van der Waals surface area (Å²) >= 11 is 0. The second-order valence-corrected chi connectivity index (χ2v) is 3.00. The second kappa shape index (κ2) is 4.75. The molecule has 1 rings (SSSR count). The molecule has 5 nitrogen and oxygen atoms in total. The molecule has 1 heterocycles. The van der Waals surface area contributed by atoms with Crippen LogP contribution in [0.15, 0.2) is 23.5 Å². The van der Waals surface area contributed by atoms with E-state index in [-0.39, 0.29) is 24.8 Å². The summed E-state index contributed by atoms with van der Waals surface area (Å²) < 4.78 is 9.77. The molecule has 0 aliphatic carbocycles. The van der Waals surface area contributed by atoms with Crippen LogP contribution in [0.25, 0.3) is 0 Å². The molecule has 0 unspecified atom stereocenters. The van der Waals surface area contributed by atoms with E-state index in [1.807, 2.05) is 0 Å². The Labute approximate surface area is 88.1 Å². The zero-order valence-electron chi connectivity index (χ0n) is 8.63. The molecule has 0 fully saturated rings. The van der Waals surface area contributed by atoms with E-state index in [2.05, 4.69) is 6.58 Å². The van der Waals surface area contributed by atoms with Gasteiger partial charge in [-0.3, -0.25) is 10.2 Å². The standard InChI is InChI=1S/C10H14N2O3/c1-3-14-9(13)4-7-8(5-11)6(2)15-10(7)12/h12H,2-5,11H2,1H3. The molecule has 0 aromatic rings. The van der Waals surface area contributed by atoms with Gasteiger partial charge in [0.05, 0.1) is 13.0 Å². The fourth-order valence-electron chi connectivity index (χ4n) is 1.33. The number of rotatable bonds is 4. The van der Waals surface area contributed by atoms with Crippen molar-refractivity contribution in [2.24, 2.45) is 5.73 Å². The Morgan fingerprint density at radius 3 is 2.80 bits per heavy atom. The first kappa shape index (κ1) is 11.5. The van der Waals surface area contributed by atoms with Crippen molar-refractivity contribution in [2.75, 3.05) is 13.2 Å². The van der Waals surface area contributed by atoms with E-state index in [9.17, 15) is 4.79 Å². The number of hydrogen-bond donors (Lipinski definition) is 2. The third kappa shape index (κ3) is 2.44. The predicted molar refractivity (Wildman–Crippen MR) is 55.3 cm³/mol. The number of ether oxygens (including phenoxy) is 2. The maximum Gasteiger partial charge on any atom is 0.310 e. The molecule has 0 amide bonds. The van der Waals surface area contributed by atoms with Crippen LogP contribution in [0, 0.1) is 5.41 Å². The van der Waals surface area contributed by atoms with Gasteiger partial charge in [0, 0.05) is 17.7 Å². The van der Waals surface area contributed by atoms with Crippen molar-refractivity contribution in [1.82, 2.24) is 0 Å². The number of esters is 1. The lowest BCUT2D eigenvalue weighted by atomic mass is 10.1. The smallest absolute Gasteiger partial charge is 0.310 e. The molecule has 3 N–H and O–H groups in total. The highest BCUT2D eigenvalue weighted by atomic mass is 16.5. The van der Waals surface area contributed by atoms with E-state index in [4.69, 9.17) is 20.6 Å². The molecule has 0 aromatic carbocycles. The Morgan fingerprint density at radius 1 is 1.60 bits per heavy atom. The van der Waals surface area contributed by atoms with Crippen molar-refractivity contribution in [3.8, 4) is 0 Å². The lowest BCUT2D eigenvalue weighted by Crippen LogP contribution is -2.11. The molecule has 0 radical (unpaired) electrons. The monoisotopic (exact) mass is 210 g/mol. The molecule has 1 aliphatic heterocycles. The Bertz CT molecular complexity index is 345. The van der Waals surface area contributed by atoms with E-state index in [1.54, 1.807) is 6.92 Å². The van der Waals surface area contributed by atoms with Gasteiger partial charge in [0.25, 0.3) is 0 Å². The Balaban J connectivity index is 2.81. The number of carbonyl (C=O) groups excluding carboxylic acids is 1. The largest absolute Gasteiger partial charge is 0.466 e. The van der Waals surface area contributed by atoms with Crippen molar-refractivity contribution < 1.29 is 14.3 Å². The van der Waals surface area contributed by atoms with Gasteiger partial charge in [0.2, 0.25) is 5.90 Å². The first-order valence-electron chi connectivity index (χ1n) is 4.63. The molecular weight excluding hydrogens is 196 g/mol. The molecule has 0 spiro atoms. The highest BCUT2D eigenvalue weighted by molar-refractivity contribution is 6.00. The molecule has 82 valence electrons. The summed E-state index contributed by atoms with van der Waals surface area (Å²) in [6.07, 6.45) is 0.0121. The Morgan fingerprint density at radius 2 is 2.27 bits per heavy atom. The van der Waals surface area contributed by atoms with E-state index >= 15 is 0 Å². The lowest BCUT2D eigenvalue weighted by Gasteiger charge is -2.02. The van der Waals surface area contributed by atoms with Gasteiger partial charge in [-0.1, -0.05) is 6.58 Å². The van der Waals surface area contributed by atoms with Crippen LogP contribution in [0.2, 0.25) is 0 Å². The van der Waals surface area contributed by atoms with Crippen LogP contribution >= 0.6 is 0 Å². The number of nitrogens with one attached hydrogen (secondary N) is 1. The van der Waals surface area contributed by atoms with E-state index < -0.39 is 0 Å². The number of nitrogens with two attached hydrogens (primary N) is 1. The SMILES string of the molecule is C=C1OC(=N)C(CC(=O)OCC)=C1CN. The van der Waals surface area contributed by atoms with Gasteiger partial charge in [-0.2, -0.15) is 0 Å². The molecule has 0 saturated heterocycles. The average molecular weight is 210 g/mol. The highest BCUT2D eigenvalue weighted by Crippen LogP contribution is 2.26. The van der Waals surface area contributed by atoms with Crippen LogP contribution in [0.4, 0.5) is 0 Å². The fourth-order valence-corrected chi connectivity index (χ4v) is 1.33. The first-order valence-corrected chi connectivity index (χ1v) is 4.63. The summed E-state index contributed by atoms with van der Waals surface area (Å²) in [7, 11) is 0. The van der Waals surface area contributed by atoms with Crippen LogP contribution in [-0.4, -0.2) is 25.0 Å². The van der Waals surface area contributed by atoms with E-state index in [1.165, 1.54) is 0 Å². The van der Waals surface area contributed by atoms with Crippen molar-refractivity contribution in [1.29, 1.82) is 5.41 Å². The van der Waals surface area contributed by atoms with Crippen molar-refractivity contribution in [2.45, 2.75) is 13.3 Å². The van der Waals surface area contributed by atoms with Gasteiger partial charge in [0.1, 0.15) is 5.76 Å². The maximum atomic E-state index is 11.2. The van der Waals surface area contributed by atoms with Gasteiger partial charge in [-0.15, -0.1) is 0 Å². The third-order valence-corrected chi connectivity index (χ3v) is 2.03. The summed E-state index contributed by atoms with van der Waals surface area (Å²) in [6.45, 7) is 5.86. The first-order chi connectivity index (χ1) is 7.10. The van der Waals surface area contributed by atoms with Crippen LogP contribution in [0.5, 0.6) is 0 Å². The zero-order chi connectivity index (χ0) is 11.4. The van der Waals surface area contributed by atoms with Gasteiger partial charge in [-0.25, -0.2) is 0 Å². The minimum atomic E-state index is -0.387. The molecule has 0 saturated carbocycles. The molecule has 0 atom stereocenters. The summed E-state index contributed by atoms with van der Waals surface area (Å²) in [5, 5.41) is 7.49. The van der Waals surface area contributed by atoms with E-state index in [0.717, 1.165) is 0 Å². The Hall–Kier alpha value is -1.62. The topological polar surface area (TPSA) is 85.4 Å². The maximum absolute atomic E-state index is 11.2. The van der Waals surface area contributed by atoms with Gasteiger partial charge >= 0.3 is 5.97 Å². The van der Waals surface area contributed by atoms with Crippen molar-refractivity contribution >= 4 is 11.9 Å². The summed E-state index contributed by atoms with van der Waals surface area (Å²) in [5.41, 5.74) is 6.57.